The number of halogens is 4. The van der Waals surface area contributed by atoms with Gasteiger partial charge in [0.05, 0.1) is 16.9 Å². The Morgan fingerprint density at radius 3 is 2.59 bits per heavy atom. The van der Waals surface area contributed by atoms with Crippen molar-refractivity contribution in [3.05, 3.63) is 61.6 Å². The van der Waals surface area contributed by atoms with Crippen molar-refractivity contribution in [3.8, 4) is 5.69 Å². The molecule has 0 radical (unpaired) electrons. The van der Waals surface area contributed by atoms with Crippen LogP contribution in [-0.4, -0.2) is 22.4 Å². The molecule has 0 aliphatic heterocycles. The highest BCUT2D eigenvalue weighted by Gasteiger charge is 2.35. The highest BCUT2D eigenvalue weighted by atomic mass is 35.5. The van der Waals surface area contributed by atoms with Gasteiger partial charge in [-0.2, -0.15) is 18.3 Å². The van der Waals surface area contributed by atoms with Gasteiger partial charge in [0.2, 0.25) is 0 Å². The Labute approximate surface area is 154 Å². The number of rotatable bonds is 3. The maximum atomic E-state index is 13.0. The molecular weight excluding hydrogens is 389 g/mol. The first-order chi connectivity index (χ1) is 12.6. The van der Waals surface area contributed by atoms with E-state index in [1.54, 1.807) is 7.05 Å². The molecule has 1 N–H and O–H groups in total. The second kappa shape index (κ2) is 6.62. The average molecular weight is 401 g/mol. The molecule has 0 amide bonds. The Morgan fingerprint density at radius 1 is 1.26 bits per heavy atom. The fraction of sp³-hybridized carbons (Fsp3) is 0.188. The minimum Gasteiger partial charge on any atom is -0.453 e. The number of alkyl halides is 3. The zero-order valence-electron chi connectivity index (χ0n) is 14.0. The van der Waals surface area contributed by atoms with Crippen molar-refractivity contribution in [3.63, 3.8) is 0 Å². The Kier molecular flexibility index (Phi) is 4.60. The number of nitrogens with zero attached hydrogens (tertiary/aromatic N) is 3. The normalized spacial score (nSPS) is 12.2. The lowest BCUT2D eigenvalue weighted by Crippen LogP contribution is -2.40. The SMILES string of the molecule is CN/N=C/c1cc2c(Cl)ccc(-n3c(=O)cc(C(F)(F)F)n(C)c3=O)c2o1. The molecular formula is C16H12ClF3N4O3. The maximum Gasteiger partial charge on any atom is 0.431 e. The fourth-order valence-electron chi connectivity index (χ4n) is 2.58. The van der Waals surface area contributed by atoms with Crippen molar-refractivity contribution < 1.29 is 17.6 Å². The number of hydrogen-bond donors (Lipinski definition) is 1. The quantitative estimate of drug-likeness (QED) is 0.541. The van der Waals surface area contributed by atoms with Crippen molar-refractivity contribution in [2.45, 2.75) is 6.18 Å². The van der Waals surface area contributed by atoms with E-state index in [1.165, 1.54) is 24.4 Å². The molecule has 0 bridgehead atoms. The summed E-state index contributed by atoms with van der Waals surface area (Å²) in [5.41, 5.74) is -1.09. The van der Waals surface area contributed by atoms with Crippen LogP contribution in [0.2, 0.25) is 5.02 Å². The third-order valence-corrected chi connectivity index (χ3v) is 4.13. The van der Waals surface area contributed by atoms with E-state index in [9.17, 15) is 22.8 Å². The second-order valence-corrected chi connectivity index (χ2v) is 5.89. The molecule has 3 rings (SSSR count). The summed E-state index contributed by atoms with van der Waals surface area (Å²) in [6, 6.07) is 4.62. The molecule has 1 aromatic carbocycles. The maximum absolute atomic E-state index is 13.0. The van der Waals surface area contributed by atoms with Crippen LogP contribution in [0.5, 0.6) is 0 Å². The highest BCUT2D eigenvalue weighted by Crippen LogP contribution is 2.31. The van der Waals surface area contributed by atoms with E-state index in [-0.39, 0.29) is 22.1 Å². The number of hydrazone groups is 1. The predicted molar refractivity (Wildman–Crippen MR) is 93.7 cm³/mol. The van der Waals surface area contributed by atoms with Gasteiger partial charge < -0.3 is 9.84 Å². The second-order valence-electron chi connectivity index (χ2n) is 5.48. The number of fused-ring (bicyclic) bond motifs is 1. The summed E-state index contributed by atoms with van der Waals surface area (Å²) in [6.45, 7) is 0. The van der Waals surface area contributed by atoms with Gasteiger partial charge in [0.15, 0.2) is 5.58 Å². The van der Waals surface area contributed by atoms with Crippen LogP contribution in [0.15, 0.2) is 43.4 Å². The van der Waals surface area contributed by atoms with Gasteiger partial charge in [-0.05, 0) is 18.2 Å². The molecule has 2 heterocycles. The summed E-state index contributed by atoms with van der Waals surface area (Å²) < 4.78 is 45.5. The number of nitrogens with one attached hydrogen (secondary N) is 1. The van der Waals surface area contributed by atoms with Crippen molar-refractivity contribution in [2.75, 3.05) is 7.05 Å². The van der Waals surface area contributed by atoms with E-state index in [0.717, 1.165) is 7.05 Å². The van der Waals surface area contributed by atoms with E-state index in [2.05, 4.69) is 10.5 Å². The van der Waals surface area contributed by atoms with E-state index in [0.29, 0.717) is 20.6 Å². The summed E-state index contributed by atoms with van der Waals surface area (Å²) in [7, 11) is 2.50. The molecule has 0 spiro atoms. The lowest BCUT2D eigenvalue weighted by Gasteiger charge is -2.14. The Bertz CT molecular complexity index is 1170. The van der Waals surface area contributed by atoms with Crippen LogP contribution in [-0.2, 0) is 13.2 Å². The minimum atomic E-state index is -4.84. The Morgan fingerprint density at radius 2 is 1.96 bits per heavy atom. The zero-order chi connectivity index (χ0) is 19.9. The summed E-state index contributed by atoms with van der Waals surface area (Å²) in [6.07, 6.45) is -3.50. The first-order valence-corrected chi connectivity index (χ1v) is 7.85. The zero-order valence-corrected chi connectivity index (χ0v) is 14.7. The third-order valence-electron chi connectivity index (χ3n) is 3.80. The lowest BCUT2D eigenvalue weighted by molar-refractivity contribution is -0.144. The molecule has 7 nitrogen and oxygen atoms in total. The smallest absolute Gasteiger partial charge is 0.431 e. The molecule has 0 aliphatic rings. The van der Waals surface area contributed by atoms with E-state index in [4.69, 9.17) is 16.0 Å². The van der Waals surface area contributed by atoms with Gasteiger partial charge in [-0.3, -0.25) is 9.36 Å². The molecule has 11 heteroatoms. The van der Waals surface area contributed by atoms with Crippen LogP contribution in [0.4, 0.5) is 13.2 Å². The number of hydrogen-bond acceptors (Lipinski definition) is 5. The van der Waals surface area contributed by atoms with Gasteiger partial charge in [0.1, 0.15) is 11.5 Å². The minimum absolute atomic E-state index is 0.0298. The van der Waals surface area contributed by atoms with Crippen molar-refractivity contribution in [2.24, 2.45) is 12.1 Å². The molecule has 0 aliphatic carbocycles. The van der Waals surface area contributed by atoms with Crippen LogP contribution in [0.1, 0.15) is 11.5 Å². The van der Waals surface area contributed by atoms with Crippen LogP contribution in [0.25, 0.3) is 16.7 Å². The topological polar surface area (TPSA) is 81.5 Å². The van der Waals surface area contributed by atoms with Gasteiger partial charge in [-0.25, -0.2) is 9.36 Å². The fourth-order valence-corrected chi connectivity index (χ4v) is 2.79. The van der Waals surface area contributed by atoms with Crippen LogP contribution in [0.3, 0.4) is 0 Å². The molecule has 0 atom stereocenters. The Hall–Kier alpha value is -3.01. The monoisotopic (exact) mass is 400 g/mol. The highest BCUT2D eigenvalue weighted by molar-refractivity contribution is 6.35. The molecule has 2 aromatic heterocycles. The number of benzene rings is 1. The molecule has 27 heavy (non-hydrogen) atoms. The van der Waals surface area contributed by atoms with E-state index >= 15 is 0 Å². The molecule has 0 fully saturated rings. The molecule has 0 unspecified atom stereocenters. The first-order valence-electron chi connectivity index (χ1n) is 7.47. The van der Waals surface area contributed by atoms with Gasteiger partial charge >= 0.3 is 11.9 Å². The summed E-state index contributed by atoms with van der Waals surface area (Å²) in [4.78, 5) is 24.8. The number of aromatic nitrogens is 2. The molecule has 0 saturated heterocycles. The molecule has 0 saturated carbocycles. The van der Waals surface area contributed by atoms with E-state index < -0.39 is 23.1 Å². The lowest BCUT2D eigenvalue weighted by atomic mass is 10.2. The van der Waals surface area contributed by atoms with Crippen LogP contribution in [0, 0.1) is 0 Å². The largest absolute Gasteiger partial charge is 0.453 e. The van der Waals surface area contributed by atoms with E-state index in [1.807, 2.05) is 0 Å². The first kappa shape index (κ1) is 18.8. The van der Waals surface area contributed by atoms with Gasteiger partial charge in [-0.1, -0.05) is 11.6 Å². The van der Waals surface area contributed by atoms with Crippen LogP contribution >= 0.6 is 11.6 Å². The predicted octanol–water partition coefficient (Wildman–Crippen LogP) is 2.51. The van der Waals surface area contributed by atoms with Gasteiger partial charge in [0.25, 0.3) is 5.56 Å². The van der Waals surface area contributed by atoms with Gasteiger partial charge in [-0.15, -0.1) is 0 Å². The molecule has 3 aromatic rings. The molecule has 142 valence electrons. The van der Waals surface area contributed by atoms with Gasteiger partial charge in [0, 0.05) is 25.5 Å². The number of furan rings is 1. The average Bonchev–Trinajstić information content (AvgIpc) is 3.02. The van der Waals surface area contributed by atoms with Crippen LogP contribution < -0.4 is 16.7 Å². The standard InChI is InChI=1S/C16H12ClF3N4O3/c1-21-22-7-8-5-9-10(17)3-4-11(14(9)27-8)24-13(25)6-12(16(18,19)20)23(2)15(24)26/h3-7,21H,1-2H3/b22-7+. The summed E-state index contributed by atoms with van der Waals surface area (Å²) >= 11 is 6.12. The summed E-state index contributed by atoms with van der Waals surface area (Å²) in [5.74, 6) is 0.269. The Balaban J connectivity index is 2.34. The third kappa shape index (κ3) is 3.23. The summed E-state index contributed by atoms with van der Waals surface area (Å²) in [5, 5.41) is 4.44. The van der Waals surface area contributed by atoms with Crippen molar-refractivity contribution >= 4 is 28.8 Å². The van der Waals surface area contributed by atoms with Crippen molar-refractivity contribution in [1.29, 1.82) is 0 Å². The van der Waals surface area contributed by atoms with Crippen molar-refractivity contribution in [1.82, 2.24) is 14.6 Å².